The molecule has 0 radical (unpaired) electrons. The lowest BCUT2D eigenvalue weighted by Gasteiger charge is -2.35. The van der Waals surface area contributed by atoms with Gasteiger partial charge < -0.3 is 19.7 Å². The Morgan fingerprint density at radius 1 is 1.35 bits per heavy atom. The van der Waals surface area contributed by atoms with Gasteiger partial charge in [0, 0.05) is 39.7 Å². The molecule has 0 aromatic rings. The molecular formula is C17H30IN3O2. The highest BCUT2D eigenvalue weighted by atomic mass is 127. The average Bonchev–Trinajstić information content (AvgIpc) is 2.59. The van der Waals surface area contributed by atoms with Crippen LogP contribution in [0.25, 0.3) is 0 Å². The fraction of sp³-hybridized carbons (Fsp3) is 0.824. The van der Waals surface area contributed by atoms with E-state index in [1.807, 2.05) is 7.05 Å². The highest BCUT2D eigenvalue weighted by Crippen LogP contribution is 2.17. The third-order valence-corrected chi connectivity index (χ3v) is 4.30. The Morgan fingerprint density at radius 2 is 2.13 bits per heavy atom. The molecule has 2 rings (SSSR count). The molecule has 132 valence electrons. The molecule has 1 atom stereocenters. The van der Waals surface area contributed by atoms with Crippen molar-refractivity contribution in [3.63, 3.8) is 0 Å². The van der Waals surface area contributed by atoms with Crippen LogP contribution < -0.4 is 5.32 Å². The van der Waals surface area contributed by atoms with Crippen LogP contribution in [0.2, 0.25) is 0 Å². The number of nitrogens with zero attached hydrogens (tertiary/aromatic N) is 2. The van der Waals surface area contributed by atoms with Crippen LogP contribution in [0.4, 0.5) is 0 Å². The lowest BCUT2D eigenvalue weighted by atomic mass is 10.1. The summed E-state index contributed by atoms with van der Waals surface area (Å²) in [5, 5.41) is 3.31. The lowest BCUT2D eigenvalue weighted by molar-refractivity contribution is -0.0721. The van der Waals surface area contributed by atoms with Crippen molar-refractivity contribution in [2.45, 2.75) is 50.7 Å². The maximum atomic E-state index is 6.04. The maximum Gasteiger partial charge on any atom is 0.193 e. The summed E-state index contributed by atoms with van der Waals surface area (Å²) in [7, 11) is 1.82. The second-order valence-electron chi connectivity index (χ2n) is 5.94. The molecule has 6 heteroatoms. The third kappa shape index (κ3) is 7.27. The number of hydrogen-bond donors (Lipinski definition) is 1. The molecule has 0 saturated carbocycles. The molecule has 2 aliphatic rings. The summed E-state index contributed by atoms with van der Waals surface area (Å²) in [5.41, 5.74) is 0. The van der Waals surface area contributed by atoms with E-state index in [0.717, 1.165) is 64.5 Å². The van der Waals surface area contributed by atoms with Crippen molar-refractivity contribution in [1.82, 2.24) is 10.2 Å². The molecule has 1 unspecified atom stereocenters. The topological polar surface area (TPSA) is 46.1 Å². The van der Waals surface area contributed by atoms with Gasteiger partial charge in [-0.05, 0) is 32.1 Å². The number of aliphatic imine (C=N–C) groups is 1. The first kappa shape index (κ1) is 20.5. The molecule has 0 aromatic heterocycles. The van der Waals surface area contributed by atoms with Crippen LogP contribution in [0, 0.1) is 12.3 Å². The molecule has 2 heterocycles. The molecule has 2 saturated heterocycles. The molecule has 0 aromatic carbocycles. The monoisotopic (exact) mass is 435 g/mol. The van der Waals surface area contributed by atoms with Gasteiger partial charge in [0.15, 0.2) is 5.96 Å². The van der Waals surface area contributed by atoms with Gasteiger partial charge in [-0.15, -0.1) is 36.3 Å². The van der Waals surface area contributed by atoms with E-state index < -0.39 is 0 Å². The summed E-state index contributed by atoms with van der Waals surface area (Å²) in [4.78, 5) is 6.62. The van der Waals surface area contributed by atoms with Crippen molar-refractivity contribution in [2.75, 3.05) is 39.9 Å². The first-order chi connectivity index (χ1) is 10.8. The van der Waals surface area contributed by atoms with Gasteiger partial charge in [0.05, 0.1) is 18.8 Å². The van der Waals surface area contributed by atoms with Crippen molar-refractivity contribution >= 4 is 29.9 Å². The van der Waals surface area contributed by atoms with E-state index in [2.05, 4.69) is 21.1 Å². The van der Waals surface area contributed by atoms with E-state index in [4.69, 9.17) is 15.9 Å². The van der Waals surface area contributed by atoms with E-state index >= 15 is 0 Å². The first-order valence-electron chi connectivity index (χ1n) is 8.45. The van der Waals surface area contributed by atoms with Crippen LogP contribution in [0.5, 0.6) is 0 Å². The van der Waals surface area contributed by atoms with Crippen molar-refractivity contribution < 1.29 is 9.47 Å². The van der Waals surface area contributed by atoms with Crippen molar-refractivity contribution in [3.05, 3.63) is 0 Å². The third-order valence-electron chi connectivity index (χ3n) is 4.30. The number of ether oxygens (including phenoxy) is 2. The SMILES string of the molecule is C#CCCNC(=NC)N1CCC(OCC2CCCCO2)CC1.I. The lowest BCUT2D eigenvalue weighted by Crippen LogP contribution is -2.47. The van der Waals surface area contributed by atoms with Crippen molar-refractivity contribution in [3.8, 4) is 12.3 Å². The summed E-state index contributed by atoms with van der Waals surface area (Å²) in [6.07, 6.45) is 12.4. The van der Waals surface area contributed by atoms with E-state index in [1.54, 1.807) is 0 Å². The highest BCUT2D eigenvalue weighted by Gasteiger charge is 2.23. The zero-order valence-electron chi connectivity index (χ0n) is 14.1. The van der Waals surface area contributed by atoms with Crippen LogP contribution in [-0.2, 0) is 9.47 Å². The minimum atomic E-state index is 0. The molecule has 0 amide bonds. The van der Waals surface area contributed by atoms with Crippen LogP contribution in [-0.4, -0.2) is 63.0 Å². The van der Waals surface area contributed by atoms with Crippen molar-refractivity contribution in [1.29, 1.82) is 0 Å². The summed E-state index contributed by atoms with van der Waals surface area (Å²) in [5.74, 6) is 3.59. The molecule has 2 fully saturated rings. The Kier molecular flexibility index (Phi) is 10.6. The summed E-state index contributed by atoms with van der Waals surface area (Å²) >= 11 is 0. The average molecular weight is 435 g/mol. The molecule has 2 aliphatic heterocycles. The predicted molar refractivity (Wildman–Crippen MR) is 104 cm³/mol. The number of likely N-dealkylation sites (tertiary alicyclic amines) is 1. The van der Waals surface area contributed by atoms with E-state index in [1.165, 1.54) is 12.8 Å². The molecule has 5 nitrogen and oxygen atoms in total. The Balaban J connectivity index is 0.00000264. The normalized spacial score (nSPS) is 23.0. The summed E-state index contributed by atoms with van der Waals surface area (Å²) in [6, 6.07) is 0. The fourth-order valence-corrected chi connectivity index (χ4v) is 3.00. The fourth-order valence-electron chi connectivity index (χ4n) is 3.00. The highest BCUT2D eigenvalue weighted by molar-refractivity contribution is 14.0. The van der Waals surface area contributed by atoms with Crippen LogP contribution >= 0.6 is 24.0 Å². The van der Waals surface area contributed by atoms with Gasteiger partial charge in [-0.1, -0.05) is 0 Å². The van der Waals surface area contributed by atoms with Crippen LogP contribution in [0.1, 0.15) is 38.5 Å². The van der Waals surface area contributed by atoms with E-state index in [9.17, 15) is 0 Å². The standard InChI is InChI=1S/C17H29N3O2.HI/c1-3-4-10-19-17(18-2)20-11-8-15(9-12-20)22-14-16-7-5-6-13-21-16;/h1,15-16H,4-14H2,2H3,(H,18,19);1H. The summed E-state index contributed by atoms with van der Waals surface area (Å²) in [6.45, 7) is 4.38. The molecule has 23 heavy (non-hydrogen) atoms. The number of hydrogen-bond acceptors (Lipinski definition) is 3. The molecular weight excluding hydrogens is 405 g/mol. The number of guanidine groups is 1. The largest absolute Gasteiger partial charge is 0.376 e. The zero-order valence-corrected chi connectivity index (χ0v) is 16.5. The zero-order chi connectivity index (χ0) is 15.6. The Hall–Kier alpha value is -0.520. The van der Waals surface area contributed by atoms with Crippen LogP contribution in [0.15, 0.2) is 4.99 Å². The number of terminal acetylenes is 1. The van der Waals surface area contributed by atoms with E-state index in [-0.39, 0.29) is 24.0 Å². The first-order valence-corrected chi connectivity index (χ1v) is 8.45. The number of halogens is 1. The second kappa shape index (κ2) is 11.9. The quantitative estimate of drug-likeness (QED) is 0.237. The van der Waals surface area contributed by atoms with E-state index in [0.29, 0.717) is 12.2 Å². The minimum absolute atomic E-state index is 0. The predicted octanol–water partition coefficient (Wildman–Crippen LogP) is 2.25. The van der Waals surface area contributed by atoms with Gasteiger partial charge >= 0.3 is 0 Å². The second-order valence-corrected chi connectivity index (χ2v) is 5.94. The Morgan fingerprint density at radius 3 is 2.74 bits per heavy atom. The Labute approximate surface area is 157 Å². The van der Waals surface area contributed by atoms with Gasteiger partial charge in [-0.3, -0.25) is 4.99 Å². The minimum Gasteiger partial charge on any atom is -0.376 e. The Bertz CT molecular complexity index is 384. The molecule has 0 aliphatic carbocycles. The molecule has 0 spiro atoms. The number of rotatable bonds is 5. The smallest absolute Gasteiger partial charge is 0.193 e. The van der Waals surface area contributed by atoms with Gasteiger partial charge in [0.25, 0.3) is 0 Å². The van der Waals surface area contributed by atoms with Gasteiger partial charge in [-0.25, -0.2) is 0 Å². The van der Waals surface area contributed by atoms with Gasteiger partial charge in [0.1, 0.15) is 0 Å². The van der Waals surface area contributed by atoms with Gasteiger partial charge in [-0.2, -0.15) is 0 Å². The van der Waals surface area contributed by atoms with Crippen LogP contribution in [0.3, 0.4) is 0 Å². The van der Waals surface area contributed by atoms with Gasteiger partial charge in [0.2, 0.25) is 0 Å². The molecule has 0 bridgehead atoms. The molecule has 1 N–H and O–H groups in total. The maximum absolute atomic E-state index is 6.04. The number of nitrogens with one attached hydrogen (secondary N) is 1. The summed E-state index contributed by atoms with van der Waals surface area (Å²) < 4.78 is 11.8. The number of piperidine rings is 1. The van der Waals surface area contributed by atoms with Crippen molar-refractivity contribution in [2.24, 2.45) is 4.99 Å².